The van der Waals surface area contributed by atoms with Gasteiger partial charge in [-0.15, -0.1) is 0 Å². The maximum atomic E-state index is 11.9. The number of aryl methyl sites for hydroxylation is 1. The number of carbonyl (C=O) groups is 1. The lowest BCUT2D eigenvalue weighted by atomic mass is 9.68. The van der Waals surface area contributed by atoms with Gasteiger partial charge >= 0.3 is 5.97 Å². The molecule has 0 atom stereocenters. The van der Waals surface area contributed by atoms with Crippen molar-refractivity contribution in [1.82, 2.24) is 19.5 Å². The van der Waals surface area contributed by atoms with Gasteiger partial charge in [0, 0.05) is 12.5 Å². The summed E-state index contributed by atoms with van der Waals surface area (Å²) in [6.45, 7) is 1.53. The molecule has 7 nitrogen and oxygen atoms in total. The summed E-state index contributed by atoms with van der Waals surface area (Å²) < 4.78 is 11.9. The zero-order valence-electron chi connectivity index (χ0n) is 12.9. The lowest BCUT2D eigenvalue weighted by Crippen LogP contribution is -2.45. The predicted molar refractivity (Wildman–Crippen MR) is 81.4 cm³/mol. The average molecular weight is 312 g/mol. The Labute approximate surface area is 133 Å². The number of ether oxygens (including phenoxy) is 2. The Kier molecular flexibility index (Phi) is 3.05. The summed E-state index contributed by atoms with van der Waals surface area (Å²) in [5, 5.41) is 0. The van der Waals surface area contributed by atoms with Crippen LogP contribution in [0.15, 0.2) is 24.7 Å². The Morgan fingerprint density at radius 3 is 2.74 bits per heavy atom. The SMILES string of the molecule is COC(=O)c1cc(C2=CC3(COC3)C2)nc(-c2cncn2C)n1. The first-order chi connectivity index (χ1) is 11.1. The van der Waals surface area contributed by atoms with Crippen LogP contribution in [0.1, 0.15) is 22.6 Å². The van der Waals surface area contributed by atoms with Gasteiger partial charge in [-0.05, 0) is 18.1 Å². The number of rotatable bonds is 3. The van der Waals surface area contributed by atoms with Crippen LogP contribution in [0.2, 0.25) is 0 Å². The number of allylic oxidation sites excluding steroid dienone is 1. The highest BCUT2D eigenvalue weighted by Crippen LogP contribution is 2.48. The van der Waals surface area contributed by atoms with E-state index in [1.165, 1.54) is 7.11 Å². The summed E-state index contributed by atoms with van der Waals surface area (Å²) in [4.78, 5) is 24.9. The van der Waals surface area contributed by atoms with E-state index in [9.17, 15) is 4.79 Å². The van der Waals surface area contributed by atoms with Gasteiger partial charge in [0.25, 0.3) is 0 Å². The molecule has 2 aromatic rings. The number of hydrogen-bond acceptors (Lipinski definition) is 6. The third kappa shape index (κ3) is 2.24. The molecular formula is C16H16N4O3. The van der Waals surface area contributed by atoms with E-state index in [2.05, 4.69) is 21.0 Å². The normalized spacial score (nSPS) is 18.1. The molecule has 2 aromatic heterocycles. The van der Waals surface area contributed by atoms with Crippen LogP contribution in [0.4, 0.5) is 0 Å². The molecule has 2 aliphatic rings. The molecule has 0 aromatic carbocycles. The Morgan fingerprint density at radius 1 is 1.39 bits per heavy atom. The molecule has 4 rings (SSSR count). The zero-order chi connectivity index (χ0) is 16.0. The lowest BCUT2D eigenvalue weighted by molar-refractivity contribution is -0.0867. The van der Waals surface area contributed by atoms with Crippen LogP contribution in [0.3, 0.4) is 0 Å². The minimum absolute atomic E-state index is 0.179. The Bertz CT molecular complexity index is 820. The molecule has 7 heteroatoms. The quantitative estimate of drug-likeness (QED) is 0.799. The second-order valence-corrected chi connectivity index (χ2v) is 6.04. The molecule has 0 saturated carbocycles. The van der Waals surface area contributed by atoms with Gasteiger partial charge in [-0.3, -0.25) is 0 Å². The van der Waals surface area contributed by atoms with Crippen molar-refractivity contribution in [1.29, 1.82) is 0 Å². The lowest BCUT2D eigenvalue weighted by Gasteiger charge is -2.46. The van der Waals surface area contributed by atoms with Crippen LogP contribution in [-0.4, -0.2) is 45.8 Å². The molecule has 0 bridgehead atoms. The van der Waals surface area contributed by atoms with Crippen LogP contribution in [-0.2, 0) is 16.5 Å². The number of nitrogens with zero attached hydrogens (tertiary/aromatic N) is 4. The van der Waals surface area contributed by atoms with Gasteiger partial charge in [0.2, 0.25) is 0 Å². The molecule has 23 heavy (non-hydrogen) atoms. The van der Waals surface area contributed by atoms with E-state index in [0.717, 1.165) is 36.6 Å². The van der Waals surface area contributed by atoms with Crippen molar-refractivity contribution in [3.63, 3.8) is 0 Å². The van der Waals surface area contributed by atoms with Crippen molar-refractivity contribution >= 4 is 11.5 Å². The maximum absolute atomic E-state index is 11.9. The van der Waals surface area contributed by atoms with Gasteiger partial charge in [0.05, 0.1) is 38.5 Å². The fourth-order valence-electron chi connectivity index (χ4n) is 2.94. The van der Waals surface area contributed by atoms with Crippen LogP contribution in [0.25, 0.3) is 17.1 Å². The van der Waals surface area contributed by atoms with Gasteiger partial charge in [0.1, 0.15) is 5.69 Å². The van der Waals surface area contributed by atoms with Gasteiger partial charge in [-0.2, -0.15) is 0 Å². The zero-order valence-corrected chi connectivity index (χ0v) is 12.9. The Morgan fingerprint density at radius 2 is 2.17 bits per heavy atom. The number of hydrogen-bond donors (Lipinski definition) is 0. The fourth-order valence-corrected chi connectivity index (χ4v) is 2.94. The molecule has 0 radical (unpaired) electrons. The molecule has 1 aliphatic heterocycles. The van der Waals surface area contributed by atoms with Crippen LogP contribution in [0.5, 0.6) is 0 Å². The van der Waals surface area contributed by atoms with Crippen LogP contribution >= 0.6 is 0 Å². The molecule has 0 amide bonds. The van der Waals surface area contributed by atoms with Crippen molar-refractivity contribution in [3.8, 4) is 11.5 Å². The second-order valence-electron chi connectivity index (χ2n) is 6.04. The maximum Gasteiger partial charge on any atom is 0.356 e. The number of carbonyl (C=O) groups excluding carboxylic acids is 1. The third-order valence-electron chi connectivity index (χ3n) is 4.30. The number of esters is 1. The summed E-state index contributed by atoms with van der Waals surface area (Å²) in [5.41, 5.74) is 3.05. The van der Waals surface area contributed by atoms with E-state index in [-0.39, 0.29) is 11.1 Å². The highest BCUT2D eigenvalue weighted by atomic mass is 16.5. The van der Waals surface area contributed by atoms with Crippen molar-refractivity contribution in [3.05, 3.63) is 36.1 Å². The van der Waals surface area contributed by atoms with Crippen molar-refractivity contribution < 1.29 is 14.3 Å². The minimum atomic E-state index is -0.473. The molecule has 0 N–H and O–H groups in total. The summed E-state index contributed by atoms with van der Waals surface area (Å²) in [6, 6.07) is 1.68. The molecule has 3 heterocycles. The third-order valence-corrected chi connectivity index (χ3v) is 4.30. The van der Waals surface area contributed by atoms with Gasteiger partial charge in [0.15, 0.2) is 11.5 Å². The highest BCUT2D eigenvalue weighted by molar-refractivity contribution is 5.89. The molecule has 1 spiro atoms. The van der Waals surface area contributed by atoms with E-state index in [4.69, 9.17) is 9.47 Å². The summed E-state index contributed by atoms with van der Waals surface area (Å²) in [7, 11) is 3.21. The molecule has 1 saturated heterocycles. The van der Waals surface area contributed by atoms with Gasteiger partial charge < -0.3 is 14.0 Å². The Hall–Kier alpha value is -2.54. The summed E-state index contributed by atoms with van der Waals surface area (Å²) in [6.07, 6.45) is 6.45. The predicted octanol–water partition coefficient (Wildman–Crippen LogP) is 1.47. The van der Waals surface area contributed by atoms with E-state index in [1.54, 1.807) is 18.6 Å². The van der Waals surface area contributed by atoms with Crippen molar-refractivity contribution in [2.75, 3.05) is 20.3 Å². The van der Waals surface area contributed by atoms with Crippen LogP contribution in [0, 0.1) is 5.41 Å². The molecule has 1 aliphatic carbocycles. The van der Waals surface area contributed by atoms with Crippen molar-refractivity contribution in [2.24, 2.45) is 12.5 Å². The number of methoxy groups -OCH3 is 1. The smallest absolute Gasteiger partial charge is 0.356 e. The monoisotopic (exact) mass is 312 g/mol. The standard InChI is InChI=1S/C16H16N4O3/c1-20-9-17-6-13(20)14-18-11(3-12(19-14)15(21)22-2)10-4-16(5-10)7-23-8-16/h3-4,6,9H,5,7-8H2,1-2H3. The largest absolute Gasteiger partial charge is 0.464 e. The topological polar surface area (TPSA) is 79.1 Å². The van der Waals surface area contributed by atoms with Gasteiger partial charge in [-0.1, -0.05) is 6.08 Å². The number of imidazole rings is 1. The van der Waals surface area contributed by atoms with Gasteiger partial charge in [-0.25, -0.2) is 19.7 Å². The van der Waals surface area contributed by atoms with Crippen molar-refractivity contribution in [2.45, 2.75) is 6.42 Å². The second kappa shape index (κ2) is 4.99. The first-order valence-electron chi connectivity index (χ1n) is 7.34. The molecule has 0 unspecified atom stereocenters. The van der Waals surface area contributed by atoms with E-state index >= 15 is 0 Å². The molecule has 1 fully saturated rings. The minimum Gasteiger partial charge on any atom is -0.464 e. The fraction of sp³-hybridized carbons (Fsp3) is 0.375. The summed E-state index contributed by atoms with van der Waals surface area (Å²) in [5.74, 6) is -0.00621. The summed E-state index contributed by atoms with van der Waals surface area (Å²) >= 11 is 0. The first-order valence-corrected chi connectivity index (χ1v) is 7.34. The Balaban J connectivity index is 1.78. The molecular weight excluding hydrogens is 296 g/mol. The average Bonchev–Trinajstić information content (AvgIpc) is 2.89. The van der Waals surface area contributed by atoms with Crippen LogP contribution < -0.4 is 0 Å². The van der Waals surface area contributed by atoms with E-state index in [0.29, 0.717) is 5.82 Å². The molecule has 118 valence electrons. The first kappa shape index (κ1) is 14.1. The highest BCUT2D eigenvalue weighted by Gasteiger charge is 2.44. The van der Waals surface area contributed by atoms with E-state index < -0.39 is 5.97 Å². The number of aromatic nitrogens is 4. The van der Waals surface area contributed by atoms with E-state index in [1.807, 2.05) is 11.6 Å².